The molecule has 0 aliphatic carbocycles. The third-order valence-corrected chi connectivity index (χ3v) is 6.51. The second-order valence-corrected chi connectivity index (χ2v) is 9.94. The Hall–Kier alpha value is -3.48. The van der Waals surface area contributed by atoms with Gasteiger partial charge < -0.3 is 15.5 Å². The average molecular weight is 477 g/mol. The number of anilines is 3. The largest absolute Gasteiger partial charge is 0.356 e. The Balaban J connectivity index is 1.37. The third-order valence-electron chi connectivity index (χ3n) is 6.51. The fourth-order valence-corrected chi connectivity index (χ4v) is 4.81. The molecule has 4 rings (SSSR count). The average Bonchev–Trinajstić information content (AvgIpc) is 2.80. The van der Waals surface area contributed by atoms with Gasteiger partial charge in [-0.15, -0.1) is 0 Å². The van der Waals surface area contributed by atoms with Crippen molar-refractivity contribution in [3.05, 3.63) is 59.4 Å². The number of nitrogens with one attached hydrogen (secondary N) is 2. The summed E-state index contributed by atoms with van der Waals surface area (Å²) in [5.41, 5.74) is 3.56. The Bertz CT molecular complexity index is 1250. The smallest absolute Gasteiger partial charge is 0.224 e. The Labute approximate surface area is 205 Å². The van der Waals surface area contributed by atoms with Crippen LogP contribution in [0.4, 0.5) is 21.6 Å². The summed E-state index contributed by atoms with van der Waals surface area (Å²) >= 11 is 0. The van der Waals surface area contributed by atoms with E-state index < -0.39 is 0 Å². The van der Waals surface area contributed by atoms with E-state index in [9.17, 15) is 14.0 Å². The molecule has 1 aliphatic rings. The van der Waals surface area contributed by atoms with Crippen LogP contribution in [0.5, 0.6) is 0 Å². The van der Waals surface area contributed by atoms with Gasteiger partial charge >= 0.3 is 0 Å². The molecule has 1 saturated heterocycles. The molecule has 2 heterocycles. The topological polar surface area (TPSA) is 74.3 Å². The molecule has 0 spiro atoms. The molecule has 2 N–H and O–H groups in total. The van der Waals surface area contributed by atoms with Crippen molar-refractivity contribution >= 4 is 39.9 Å². The molecule has 0 bridgehead atoms. The van der Waals surface area contributed by atoms with Gasteiger partial charge in [0.25, 0.3) is 0 Å². The first-order valence-electron chi connectivity index (χ1n) is 12.2. The lowest BCUT2D eigenvalue weighted by molar-refractivity contribution is -0.121. The molecule has 3 aromatic rings. The van der Waals surface area contributed by atoms with Crippen molar-refractivity contribution < 1.29 is 14.0 Å². The number of aromatic nitrogens is 1. The summed E-state index contributed by atoms with van der Waals surface area (Å²) < 4.78 is 13.7. The van der Waals surface area contributed by atoms with Crippen LogP contribution < -0.4 is 15.5 Å². The lowest BCUT2D eigenvalue weighted by Gasteiger charge is -2.36. The van der Waals surface area contributed by atoms with Crippen molar-refractivity contribution in [3.8, 4) is 0 Å². The van der Waals surface area contributed by atoms with Gasteiger partial charge in [-0.1, -0.05) is 19.9 Å². The maximum absolute atomic E-state index is 13.7. The SMILES string of the molecule is Cc1ccc(NC(=O)CCC(=O)Nc2ccc3nc(N4C[C@H](C)C[C@H](C)C4)cc(C)c3c2)cc1F. The van der Waals surface area contributed by atoms with Gasteiger partial charge in [0.05, 0.1) is 5.52 Å². The molecular weight excluding hydrogens is 443 g/mol. The highest BCUT2D eigenvalue weighted by Crippen LogP contribution is 2.29. The predicted octanol–water partition coefficient (Wildman–Crippen LogP) is 5.83. The van der Waals surface area contributed by atoms with Gasteiger partial charge in [-0.05, 0) is 79.6 Å². The van der Waals surface area contributed by atoms with Crippen LogP contribution in [-0.2, 0) is 9.59 Å². The van der Waals surface area contributed by atoms with Crippen molar-refractivity contribution in [2.75, 3.05) is 28.6 Å². The molecule has 7 heteroatoms. The highest BCUT2D eigenvalue weighted by atomic mass is 19.1. The zero-order valence-corrected chi connectivity index (χ0v) is 20.8. The minimum absolute atomic E-state index is 0.00549. The number of piperidine rings is 1. The molecule has 2 atom stereocenters. The molecule has 35 heavy (non-hydrogen) atoms. The standard InChI is InChI=1S/C28H33FN4O2/c1-17-11-18(2)16-33(15-17)26-12-20(4)23-13-21(7-8-25(23)32-26)30-27(34)9-10-28(35)31-22-6-5-19(3)24(29)14-22/h5-8,12-14,17-18H,9-11,15-16H2,1-4H3,(H,30,34)(H,31,35)/t17-,18+. The van der Waals surface area contributed by atoms with Gasteiger partial charge in [0.15, 0.2) is 0 Å². The minimum Gasteiger partial charge on any atom is -0.356 e. The number of hydrogen-bond donors (Lipinski definition) is 2. The Morgan fingerprint density at radius 3 is 2.14 bits per heavy atom. The molecule has 0 radical (unpaired) electrons. The van der Waals surface area contributed by atoms with Crippen molar-refractivity contribution in [1.29, 1.82) is 0 Å². The van der Waals surface area contributed by atoms with Gasteiger partial charge in [-0.3, -0.25) is 9.59 Å². The van der Waals surface area contributed by atoms with Crippen molar-refractivity contribution in [2.45, 2.75) is 47.0 Å². The van der Waals surface area contributed by atoms with E-state index in [-0.39, 0.29) is 30.5 Å². The van der Waals surface area contributed by atoms with Gasteiger partial charge in [0.2, 0.25) is 11.8 Å². The number of carbonyl (C=O) groups is 2. The van der Waals surface area contributed by atoms with Crippen LogP contribution in [0.1, 0.15) is 44.2 Å². The fraction of sp³-hybridized carbons (Fsp3) is 0.393. The van der Waals surface area contributed by atoms with E-state index in [1.807, 2.05) is 18.2 Å². The highest BCUT2D eigenvalue weighted by Gasteiger charge is 2.23. The number of aryl methyl sites for hydroxylation is 2. The first-order chi connectivity index (χ1) is 16.7. The highest BCUT2D eigenvalue weighted by molar-refractivity contribution is 5.98. The minimum atomic E-state index is -0.381. The monoisotopic (exact) mass is 476 g/mol. The normalized spacial score (nSPS) is 17.9. The Morgan fingerprint density at radius 1 is 0.914 bits per heavy atom. The van der Waals surface area contributed by atoms with Gasteiger partial charge in [0.1, 0.15) is 11.6 Å². The van der Waals surface area contributed by atoms with Crippen LogP contribution in [0.25, 0.3) is 10.9 Å². The van der Waals surface area contributed by atoms with Crippen molar-refractivity contribution in [1.82, 2.24) is 4.98 Å². The van der Waals surface area contributed by atoms with E-state index in [1.54, 1.807) is 19.1 Å². The van der Waals surface area contributed by atoms with Gasteiger partial charge in [-0.25, -0.2) is 9.37 Å². The van der Waals surface area contributed by atoms with Crippen LogP contribution in [-0.4, -0.2) is 29.9 Å². The van der Waals surface area contributed by atoms with E-state index >= 15 is 0 Å². The lowest BCUT2D eigenvalue weighted by Crippen LogP contribution is -2.39. The molecule has 1 aromatic heterocycles. The van der Waals surface area contributed by atoms with Crippen LogP contribution in [0, 0.1) is 31.5 Å². The Morgan fingerprint density at radius 2 is 1.51 bits per heavy atom. The third kappa shape index (κ3) is 6.15. The number of pyridine rings is 1. The molecule has 2 aromatic carbocycles. The second kappa shape index (κ2) is 10.4. The fourth-order valence-electron chi connectivity index (χ4n) is 4.81. The number of halogens is 1. The number of hydrogen-bond acceptors (Lipinski definition) is 4. The van der Waals surface area contributed by atoms with Crippen LogP contribution >= 0.6 is 0 Å². The van der Waals surface area contributed by atoms with E-state index in [0.717, 1.165) is 35.4 Å². The quantitative estimate of drug-likeness (QED) is 0.469. The summed E-state index contributed by atoms with van der Waals surface area (Å²) in [5.74, 6) is 1.32. The van der Waals surface area contributed by atoms with E-state index in [0.29, 0.717) is 28.8 Å². The van der Waals surface area contributed by atoms with Crippen LogP contribution in [0.2, 0.25) is 0 Å². The second-order valence-electron chi connectivity index (χ2n) is 9.94. The number of fused-ring (bicyclic) bond motifs is 1. The number of carbonyl (C=O) groups excluding carboxylic acids is 2. The maximum Gasteiger partial charge on any atom is 0.224 e. The number of amides is 2. The lowest BCUT2D eigenvalue weighted by atomic mass is 9.92. The molecule has 184 valence electrons. The summed E-state index contributed by atoms with van der Waals surface area (Å²) in [6, 6.07) is 12.3. The molecule has 0 saturated carbocycles. The van der Waals surface area contributed by atoms with Crippen LogP contribution in [0.15, 0.2) is 42.5 Å². The molecule has 1 aliphatic heterocycles. The number of benzene rings is 2. The van der Waals surface area contributed by atoms with Crippen molar-refractivity contribution in [3.63, 3.8) is 0 Å². The summed E-state index contributed by atoms with van der Waals surface area (Å²) in [4.78, 5) is 31.9. The molecule has 6 nitrogen and oxygen atoms in total. The number of nitrogens with zero attached hydrogens (tertiary/aromatic N) is 2. The summed E-state index contributed by atoms with van der Waals surface area (Å²) in [7, 11) is 0. The van der Waals surface area contributed by atoms with Crippen LogP contribution in [0.3, 0.4) is 0 Å². The number of rotatable bonds is 6. The first-order valence-corrected chi connectivity index (χ1v) is 12.2. The zero-order chi connectivity index (χ0) is 25.1. The van der Waals surface area contributed by atoms with E-state index in [4.69, 9.17) is 4.98 Å². The molecule has 1 fully saturated rings. The maximum atomic E-state index is 13.7. The first kappa shape index (κ1) is 24.6. The summed E-state index contributed by atoms with van der Waals surface area (Å²) in [6.07, 6.45) is 1.28. The van der Waals surface area contributed by atoms with E-state index in [2.05, 4.69) is 42.4 Å². The molecule has 2 amide bonds. The zero-order valence-electron chi connectivity index (χ0n) is 20.8. The van der Waals surface area contributed by atoms with E-state index in [1.165, 1.54) is 12.5 Å². The molecule has 0 unspecified atom stereocenters. The Kier molecular flexibility index (Phi) is 7.34. The summed E-state index contributed by atoms with van der Waals surface area (Å²) in [6.45, 7) is 10.3. The summed E-state index contributed by atoms with van der Waals surface area (Å²) in [5, 5.41) is 6.49. The van der Waals surface area contributed by atoms with Gasteiger partial charge in [-0.2, -0.15) is 0 Å². The van der Waals surface area contributed by atoms with Gasteiger partial charge in [0, 0.05) is 42.7 Å². The van der Waals surface area contributed by atoms with Crippen molar-refractivity contribution in [2.24, 2.45) is 11.8 Å². The molecular formula is C28H33FN4O2. The predicted molar refractivity (Wildman–Crippen MR) is 139 cm³/mol.